The molecule has 0 aliphatic carbocycles. The van der Waals surface area contributed by atoms with Gasteiger partial charge in [-0.2, -0.15) is 13.2 Å². The lowest BCUT2D eigenvalue weighted by atomic mass is 10.2. The van der Waals surface area contributed by atoms with Crippen molar-refractivity contribution in [2.24, 2.45) is 0 Å². The van der Waals surface area contributed by atoms with Gasteiger partial charge in [-0.25, -0.2) is 9.78 Å². The van der Waals surface area contributed by atoms with E-state index < -0.39 is 17.8 Å². The summed E-state index contributed by atoms with van der Waals surface area (Å²) in [6.07, 6.45) is -2.60. The van der Waals surface area contributed by atoms with Crippen LogP contribution in [0.4, 0.5) is 29.5 Å². The largest absolute Gasteiger partial charge is 0.416 e. The molecule has 0 atom stereocenters. The first-order valence-electron chi connectivity index (χ1n) is 7.88. The van der Waals surface area contributed by atoms with Crippen molar-refractivity contribution in [1.82, 2.24) is 4.90 Å². The number of nitrogens with one attached hydrogen (secondary N) is 2. The van der Waals surface area contributed by atoms with Gasteiger partial charge in [0.2, 0.25) is 0 Å². The van der Waals surface area contributed by atoms with E-state index in [0.29, 0.717) is 26.2 Å². The highest BCUT2D eigenvalue weighted by molar-refractivity contribution is 5.89. The second kappa shape index (κ2) is 7.00. The van der Waals surface area contributed by atoms with Crippen molar-refractivity contribution < 1.29 is 22.9 Å². The molecule has 1 aromatic carbocycles. The predicted octanol–water partition coefficient (Wildman–Crippen LogP) is 2.87. The number of benzene rings is 1. The number of halogens is 3. The summed E-state index contributed by atoms with van der Waals surface area (Å²) in [7, 11) is 0. The number of alkyl halides is 3. The number of aromatic nitrogens is 1. The summed E-state index contributed by atoms with van der Waals surface area (Å²) in [5, 5.41) is 2.54. The van der Waals surface area contributed by atoms with Crippen molar-refractivity contribution in [3.05, 3.63) is 54.2 Å². The Hall–Kier alpha value is -2.77. The Balaban J connectivity index is 1.58. The first kappa shape index (κ1) is 17.1. The van der Waals surface area contributed by atoms with Crippen molar-refractivity contribution in [1.29, 1.82) is 0 Å². The Kier molecular flexibility index (Phi) is 4.78. The molecule has 3 rings (SSSR count). The number of anilines is 2. The number of rotatable bonds is 2. The quantitative estimate of drug-likeness (QED) is 0.905. The standard InChI is InChI=1S/C17H17F3N4O/c18-17(19,20)13-4-3-5-14(12-13)22-16(25)24-10-8-23(9-11-24)15-6-1-2-7-21-15/h1-7,12H,8-11H2,(H,22,25)/p+1. The monoisotopic (exact) mass is 351 g/mol. The number of piperazine rings is 1. The lowest BCUT2D eigenvalue weighted by Gasteiger charge is -2.31. The molecule has 1 aliphatic heterocycles. The smallest absolute Gasteiger partial charge is 0.317 e. The van der Waals surface area contributed by atoms with E-state index in [2.05, 4.69) is 15.2 Å². The van der Waals surface area contributed by atoms with E-state index in [1.807, 2.05) is 24.4 Å². The number of pyridine rings is 1. The summed E-state index contributed by atoms with van der Waals surface area (Å²) in [6.45, 7) is 2.29. The third kappa shape index (κ3) is 4.20. The Morgan fingerprint density at radius 3 is 2.44 bits per heavy atom. The number of hydrogen-bond acceptors (Lipinski definition) is 2. The van der Waals surface area contributed by atoms with Crippen molar-refractivity contribution >= 4 is 17.5 Å². The zero-order valence-electron chi connectivity index (χ0n) is 13.4. The van der Waals surface area contributed by atoms with Crippen molar-refractivity contribution in [3.63, 3.8) is 0 Å². The van der Waals surface area contributed by atoms with Crippen LogP contribution < -0.4 is 15.2 Å². The van der Waals surface area contributed by atoms with Crippen LogP contribution in [0.1, 0.15) is 5.56 Å². The van der Waals surface area contributed by atoms with E-state index in [0.717, 1.165) is 18.0 Å². The SMILES string of the molecule is O=C(Nc1cccc(C(F)(F)F)c1)N1CCN(c2cccc[nH+]2)CC1. The molecule has 1 aromatic heterocycles. The number of amides is 2. The molecule has 25 heavy (non-hydrogen) atoms. The zero-order chi connectivity index (χ0) is 17.9. The van der Waals surface area contributed by atoms with Crippen LogP contribution in [0.25, 0.3) is 0 Å². The van der Waals surface area contributed by atoms with Crippen LogP contribution in [0, 0.1) is 0 Å². The molecule has 1 fully saturated rings. The van der Waals surface area contributed by atoms with Crippen molar-refractivity contribution in [3.8, 4) is 0 Å². The molecule has 2 aromatic rings. The summed E-state index contributed by atoms with van der Waals surface area (Å²) in [4.78, 5) is 19.1. The van der Waals surface area contributed by atoms with Gasteiger partial charge in [0.05, 0.1) is 24.8 Å². The average molecular weight is 351 g/mol. The van der Waals surface area contributed by atoms with Gasteiger partial charge in [-0.1, -0.05) is 12.1 Å². The molecule has 0 saturated carbocycles. The number of carbonyl (C=O) groups is 1. The van der Waals surface area contributed by atoms with Gasteiger partial charge in [0.15, 0.2) is 0 Å². The van der Waals surface area contributed by atoms with Gasteiger partial charge >= 0.3 is 12.2 Å². The van der Waals surface area contributed by atoms with Crippen LogP contribution in [0.2, 0.25) is 0 Å². The number of H-pyrrole nitrogens is 1. The summed E-state index contributed by atoms with van der Waals surface area (Å²) in [6, 6.07) is 10.0. The van der Waals surface area contributed by atoms with E-state index in [1.54, 1.807) is 4.90 Å². The molecule has 8 heteroatoms. The first-order chi connectivity index (χ1) is 11.9. The van der Waals surface area contributed by atoms with E-state index in [1.165, 1.54) is 12.1 Å². The third-order valence-corrected chi connectivity index (χ3v) is 4.04. The number of hydrogen-bond donors (Lipinski definition) is 1. The van der Waals surface area contributed by atoms with Crippen LogP contribution in [0.5, 0.6) is 0 Å². The van der Waals surface area contributed by atoms with Crippen molar-refractivity contribution in [2.45, 2.75) is 6.18 Å². The van der Waals surface area contributed by atoms with Gasteiger partial charge < -0.3 is 10.2 Å². The lowest BCUT2D eigenvalue weighted by molar-refractivity contribution is -0.364. The number of carbonyl (C=O) groups excluding carboxylic acids is 1. The second-order valence-corrected chi connectivity index (χ2v) is 5.73. The van der Waals surface area contributed by atoms with Gasteiger partial charge in [0.1, 0.15) is 13.1 Å². The molecule has 0 radical (unpaired) electrons. The minimum absolute atomic E-state index is 0.138. The summed E-state index contributed by atoms with van der Waals surface area (Å²) in [5.41, 5.74) is -0.645. The number of nitrogens with zero attached hydrogens (tertiary/aromatic N) is 2. The Labute approximate surface area is 143 Å². The van der Waals surface area contributed by atoms with Gasteiger partial charge in [0, 0.05) is 11.8 Å². The first-order valence-corrected chi connectivity index (χ1v) is 7.88. The zero-order valence-corrected chi connectivity index (χ0v) is 13.4. The molecule has 2 amide bonds. The van der Waals surface area contributed by atoms with Gasteiger partial charge in [0.25, 0.3) is 5.82 Å². The van der Waals surface area contributed by atoms with Crippen molar-refractivity contribution in [2.75, 3.05) is 36.4 Å². The normalized spacial score (nSPS) is 15.2. The van der Waals surface area contributed by atoms with Crippen LogP contribution in [0.15, 0.2) is 48.7 Å². The van der Waals surface area contributed by atoms with Crippen LogP contribution in [-0.4, -0.2) is 37.1 Å². The highest BCUT2D eigenvalue weighted by atomic mass is 19.4. The highest BCUT2D eigenvalue weighted by Gasteiger charge is 2.31. The van der Waals surface area contributed by atoms with Crippen LogP contribution in [0.3, 0.4) is 0 Å². The molecule has 132 valence electrons. The van der Waals surface area contributed by atoms with E-state index in [9.17, 15) is 18.0 Å². The fourth-order valence-corrected chi connectivity index (χ4v) is 2.71. The van der Waals surface area contributed by atoms with Gasteiger partial charge in [-0.05, 0) is 24.3 Å². The highest BCUT2D eigenvalue weighted by Crippen LogP contribution is 2.30. The minimum atomic E-state index is -4.43. The summed E-state index contributed by atoms with van der Waals surface area (Å²) < 4.78 is 38.2. The van der Waals surface area contributed by atoms with Gasteiger partial charge in [-0.3, -0.25) is 4.90 Å². The molecule has 5 nitrogen and oxygen atoms in total. The van der Waals surface area contributed by atoms with E-state index >= 15 is 0 Å². The Morgan fingerprint density at radius 1 is 1.04 bits per heavy atom. The molecule has 0 spiro atoms. The van der Waals surface area contributed by atoms with Gasteiger partial charge in [-0.15, -0.1) is 0 Å². The fraction of sp³-hybridized carbons (Fsp3) is 0.294. The molecular formula is C17H18F3N4O+. The fourth-order valence-electron chi connectivity index (χ4n) is 2.71. The predicted molar refractivity (Wildman–Crippen MR) is 87.2 cm³/mol. The molecule has 0 bridgehead atoms. The molecule has 0 unspecified atom stereocenters. The molecule has 1 saturated heterocycles. The maximum absolute atomic E-state index is 12.7. The Morgan fingerprint density at radius 2 is 1.80 bits per heavy atom. The average Bonchev–Trinajstić information content (AvgIpc) is 2.62. The summed E-state index contributed by atoms with van der Waals surface area (Å²) in [5.74, 6) is 0.973. The summed E-state index contributed by atoms with van der Waals surface area (Å²) >= 11 is 0. The molecule has 1 aliphatic rings. The Bertz CT molecular complexity index is 728. The number of urea groups is 1. The molecule has 2 N–H and O–H groups in total. The third-order valence-electron chi connectivity index (χ3n) is 4.04. The maximum atomic E-state index is 12.7. The minimum Gasteiger partial charge on any atom is -0.317 e. The molecule has 2 heterocycles. The second-order valence-electron chi connectivity index (χ2n) is 5.73. The topological polar surface area (TPSA) is 49.7 Å². The van der Waals surface area contributed by atoms with E-state index in [4.69, 9.17) is 0 Å². The van der Waals surface area contributed by atoms with Crippen LogP contribution in [-0.2, 0) is 6.18 Å². The number of aromatic amines is 1. The molecular weight excluding hydrogens is 333 g/mol. The lowest BCUT2D eigenvalue weighted by Crippen LogP contribution is -2.51. The van der Waals surface area contributed by atoms with Crippen LogP contribution >= 0.6 is 0 Å². The van der Waals surface area contributed by atoms with E-state index in [-0.39, 0.29) is 5.69 Å². The maximum Gasteiger partial charge on any atom is 0.416 e.